The van der Waals surface area contributed by atoms with Gasteiger partial charge in [0.2, 0.25) is 0 Å². The standard InChI is InChI=1S/C15H23FN2O2/c1-19-13-4-3-5-14(20-2)15(13)12(6-7-16)18-10-8-17-9-11-18/h3-5,12,17H,6-11H2,1-2H3/t12-/m1/s1. The lowest BCUT2D eigenvalue weighted by Crippen LogP contribution is -2.45. The highest BCUT2D eigenvalue weighted by Crippen LogP contribution is 2.38. The fourth-order valence-corrected chi connectivity index (χ4v) is 2.81. The molecule has 4 nitrogen and oxygen atoms in total. The lowest BCUT2D eigenvalue weighted by atomic mass is 9.99. The average molecular weight is 282 g/mol. The summed E-state index contributed by atoms with van der Waals surface area (Å²) in [5.74, 6) is 1.53. The lowest BCUT2D eigenvalue weighted by molar-refractivity contribution is 0.152. The molecule has 0 unspecified atom stereocenters. The lowest BCUT2D eigenvalue weighted by Gasteiger charge is -2.36. The van der Waals surface area contributed by atoms with E-state index in [1.807, 2.05) is 18.2 Å². The first-order valence-corrected chi connectivity index (χ1v) is 7.03. The van der Waals surface area contributed by atoms with Crippen molar-refractivity contribution in [1.29, 1.82) is 0 Å². The molecule has 1 saturated heterocycles. The quantitative estimate of drug-likeness (QED) is 0.865. The van der Waals surface area contributed by atoms with Gasteiger partial charge in [0.05, 0.1) is 26.5 Å². The van der Waals surface area contributed by atoms with E-state index in [1.54, 1.807) is 14.2 Å². The maximum Gasteiger partial charge on any atom is 0.127 e. The van der Waals surface area contributed by atoms with Crippen LogP contribution in [-0.2, 0) is 0 Å². The second-order valence-electron chi connectivity index (χ2n) is 4.86. The van der Waals surface area contributed by atoms with E-state index in [4.69, 9.17) is 9.47 Å². The fraction of sp³-hybridized carbons (Fsp3) is 0.600. The maximum atomic E-state index is 13.0. The Morgan fingerprint density at radius 2 is 1.80 bits per heavy atom. The van der Waals surface area contributed by atoms with Crippen LogP contribution in [0.1, 0.15) is 18.0 Å². The molecule has 0 aromatic heterocycles. The van der Waals surface area contributed by atoms with Crippen LogP contribution in [0.3, 0.4) is 0 Å². The summed E-state index contributed by atoms with van der Waals surface area (Å²) >= 11 is 0. The Labute approximate surface area is 119 Å². The largest absolute Gasteiger partial charge is 0.496 e. The van der Waals surface area contributed by atoms with Crippen molar-refractivity contribution in [3.8, 4) is 11.5 Å². The number of hydrogen-bond donors (Lipinski definition) is 1. The maximum absolute atomic E-state index is 13.0. The molecule has 1 heterocycles. The third-order valence-electron chi connectivity index (χ3n) is 3.77. The zero-order chi connectivity index (χ0) is 14.4. The molecular weight excluding hydrogens is 259 g/mol. The van der Waals surface area contributed by atoms with Crippen molar-refractivity contribution >= 4 is 0 Å². The van der Waals surface area contributed by atoms with E-state index >= 15 is 0 Å². The van der Waals surface area contributed by atoms with E-state index in [2.05, 4.69) is 10.2 Å². The first-order chi connectivity index (χ1) is 9.81. The van der Waals surface area contributed by atoms with Crippen molar-refractivity contribution in [2.45, 2.75) is 12.5 Å². The van der Waals surface area contributed by atoms with Crippen LogP contribution in [0.4, 0.5) is 4.39 Å². The van der Waals surface area contributed by atoms with Gasteiger partial charge in [-0.15, -0.1) is 0 Å². The number of hydrogen-bond acceptors (Lipinski definition) is 4. The summed E-state index contributed by atoms with van der Waals surface area (Å²) in [4.78, 5) is 2.30. The summed E-state index contributed by atoms with van der Waals surface area (Å²) < 4.78 is 24.0. The molecule has 0 bridgehead atoms. The van der Waals surface area contributed by atoms with Gasteiger partial charge >= 0.3 is 0 Å². The number of benzene rings is 1. The van der Waals surface area contributed by atoms with Crippen LogP contribution >= 0.6 is 0 Å². The Hall–Kier alpha value is -1.33. The van der Waals surface area contributed by atoms with E-state index < -0.39 is 0 Å². The zero-order valence-corrected chi connectivity index (χ0v) is 12.2. The van der Waals surface area contributed by atoms with Gasteiger partial charge < -0.3 is 14.8 Å². The Kier molecular flexibility index (Phi) is 5.61. The van der Waals surface area contributed by atoms with Crippen molar-refractivity contribution < 1.29 is 13.9 Å². The number of piperazine rings is 1. The van der Waals surface area contributed by atoms with Crippen molar-refractivity contribution in [3.63, 3.8) is 0 Å². The van der Waals surface area contributed by atoms with Gasteiger partial charge in [0.25, 0.3) is 0 Å². The molecule has 1 aromatic carbocycles. The first kappa shape index (κ1) is 15.1. The Morgan fingerprint density at radius 3 is 2.30 bits per heavy atom. The highest BCUT2D eigenvalue weighted by molar-refractivity contribution is 5.47. The second kappa shape index (κ2) is 7.45. The van der Waals surface area contributed by atoms with Crippen LogP contribution in [0, 0.1) is 0 Å². The van der Waals surface area contributed by atoms with Crippen molar-refractivity contribution in [3.05, 3.63) is 23.8 Å². The van der Waals surface area contributed by atoms with Gasteiger partial charge in [0.15, 0.2) is 0 Å². The number of halogens is 1. The number of nitrogens with zero attached hydrogens (tertiary/aromatic N) is 1. The number of nitrogens with one attached hydrogen (secondary N) is 1. The van der Waals surface area contributed by atoms with Gasteiger partial charge in [0, 0.05) is 32.2 Å². The fourth-order valence-electron chi connectivity index (χ4n) is 2.81. The van der Waals surface area contributed by atoms with Crippen LogP contribution in [0.25, 0.3) is 0 Å². The summed E-state index contributed by atoms with van der Waals surface area (Å²) in [6, 6.07) is 5.70. The molecule has 0 radical (unpaired) electrons. The molecule has 0 aliphatic carbocycles. The molecule has 1 atom stereocenters. The first-order valence-electron chi connectivity index (χ1n) is 7.03. The third-order valence-corrected chi connectivity index (χ3v) is 3.77. The summed E-state index contributed by atoms with van der Waals surface area (Å²) in [6.07, 6.45) is 0.455. The average Bonchev–Trinajstić information content (AvgIpc) is 2.52. The minimum absolute atomic E-state index is 0.00630. The topological polar surface area (TPSA) is 33.7 Å². The van der Waals surface area contributed by atoms with Crippen LogP contribution in [0.2, 0.25) is 0 Å². The second-order valence-corrected chi connectivity index (χ2v) is 4.86. The van der Waals surface area contributed by atoms with Gasteiger partial charge in [-0.1, -0.05) is 6.07 Å². The van der Waals surface area contributed by atoms with Crippen LogP contribution in [0.15, 0.2) is 18.2 Å². The van der Waals surface area contributed by atoms with E-state index in [0.717, 1.165) is 43.2 Å². The summed E-state index contributed by atoms with van der Waals surface area (Å²) in [7, 11) is 3.28. The molecule has 0 spiro atoms. The number of rotatable bonds is 6. The van der Waals surface area contributed by atoms with E-state index in [0.29, 0.717) is 6.42 Å². The molecule has 5 heteroatoms. The molecule has 1 N–H and O–H groups in total. The van der Waals surface area contributed by atoms with Gasteiger partial charge in [-0.3, -0.25) is 9.29 Å². The molecular formula is C15H23FN2O2. The molecule has 0 saturated carbocycles. The number of methoxy groups -OCH3 is 2. The summed E-state index contributed by atoms with van der Waals surface area (Å²) in [6.45, 7) is 3.33. The number of ether oxygens (including phenoxy) is 2. The van der Waals surface area contributed by atoms with Gasteiger partial charge in [-0.2, -0.15) is 0 Å². The van der Waals surface area contributed by atoms with E-state index in [1.165, 1.54) is 0 Å². The molecule has 1 aromatic rings. The predicted molar refractivity (Wildman–Crippen MR) is 77.3 cm³/mol. The third kappa shape index (κ3) is 3.22. The highest BCUT2D eigenvalue weighted by Gasteiger charge is 2.27. The van der Waals surface area contributed by atoms with Gasteiger partial charge in [-0.05, 0) is 18.6 Å². The van der Waals surface area contributed by atoms with Crippen molar-refractivity contribution in [1.82, 2.24) is 10.2 Å². The Morgan fingerprint density at radius 1 is 1.20 bits per heavy atom. The normalized spacial score (nSPS) is 17.8. The molecule has 1 fully saturated rings. The smallest absolute Gasteiger partial charge is 0.127 e. The zero-order valence-electron chi connectivity index (χ0n) is 12.2. The van der Waals surface area contributed by atoms with Crippen LogP contribution in [0.5, 0.6) is 11.5 Å². The molecule has 1 aliphatic rings. The highest BCUT2D eigenvalue weighted by atomic mass is 19.1. The SMILES string of the molecule is COc1cccc(OC)c1[C@@H](CCF)N1CCNCC1. The monoisotopic (exact) mass is 282 g/mol. The van der Waals surface area contributed by atoms with Crippen LogP contribution < -0.4 is 14.8 Å². The van der Waals surface area contributed by atoms with Crippen molar-refractivity contribution in [2.24, 2.45) is 0 Å². The molecule has 20 heavy (non-hydrogen) atoms. The molecule has 0 amide bonds. The van der Waals surface area contributed by atoms with Gasteiger partial charge in [0.1, 0.15) is 11.5 Å². The summed E-state index contributed by atoms with van der Waals surface area (Å²) in [5, 5.41) is 3.32. The molecule has 112 valence electrons. The predicted octanol–water partition coefficient (Wildman–Crippen LogP) is 2.01. The number of alkyl halides is 1. The minimum Gasteiger partial charge on any atom is -0.496 e. The van der Waals surface area contributed by atoms with Gasteiger partial charge in [-0.25, -0.2) is 0 Å². The molecule has 1 aliphatic heterocycles. The van der Waals surface area contributed by atoms with Crippen LogP contribution in [-0.4, -0.2) is 52.0 Å². The van der Waals surface area contributed by atoms with E-state index in [-0.39, 0.29) is 12.7 Å². The summed E-state index contributed by atoms with van der Waals surface area (Å²) in [5.41, 5.74) is 0.956. The Balaban J connectivity index is 2.36. The molecule has 2 rings (SSSR count). The van der Waals surface area contributed by atoms with E-state index in [9.17, 15) is 4.39 Å². The van der Waals surface area contributed by atoms with Crippen molar-refractivity contribution in [2.75, 3.05) is 47.1 Å². The minimum atomic E-state index is -0.351. The Bertz CT molecular complexity index is 400.